The van der Waals surface area contributed by atoms with Crippen LogP contribution >= 0.6 is 11.3 Å². The van der Waals surface area contributed by atoms with Gasteiger partial charge < -0.3 is 15.1 Å². The van der Waals surface area contributed by atoms with E-state index >= 15 is 0 Å². The lowest BCUT2D eigenvalue weighted by atomic mass is 10.5. The zero-order chi connectivity index (χ0) is 12.8. The van der Waals surface area contributed by atoms with Gasteiger partial charge in [-0.15, -0.1) is 16.4 Å². The predicted octanol–water partition coefficient (Wildman–Crippen LogP) is 1.95. The molecule has 0 saturated carbocycles. The third kappa shape index (κ3) is 3.78. The Balaban J connectivity index is 1.79. The molecule has 0 saturated heterocycles. The summed E-state index contributed by atoms with van der Waals surface area (Å²) in [6.45, 7) is 6.32. The van der Waals surface area contributed by atoms with Crippen LogP contribution in [0.2, 0.25) is 0 Å². The van der Waals surface area contributed by atoms with E-state index in [4.69, 9.17) is 4.42 Å². The van der Waals surface area contributed by atoms with Crippen molar-refractivity contribution in [2.45, 2.75) is 33.4 Å². The largest absolute Gasteiger partial charge is 0.407 e. The number of thiazole rings is 1. The molecular formula is C11H17N5OS. The second-order valence-corrected chi connectivity index (χ2v) is 5.22. The maximum absolute atomic E-state index is 5.44. The zero-order valence-electron chi connectivity index (χ0n) is 10.6. The van der Waals surface area contributed by atoms with Gasteiger partial charge in [0, 0.05) is 11.1 Å². The van der Waals surface area contributed by atoms with Crippen molar-refractivity contribution in [1.29, 1.82) is 0 Å². The lowest BCUT2D eigenvalue weighted by Crippen LogP contribution is -2.13. The van der Waals surface area contributed by atoms with E-state index in [1.807, 2.05) is 13.1 Å². The number of hydrogen-bond donors (Lipinski definition) is 2. The van der Waals surface area contributed by atoms with Crippen molar-refractivity contribution < 1.29 is 4.42 Å². The third-order valence-corrected chi connectivity index (χ3v) is 3.14. The molecule has 0 atom stereocenters. The van der Waals surface area contributed by atoms with Gasteiger partial charge in [-0.2, -0.15) is 0 Å². The van der Waals surface area contributed by atoms with Gasteiger partial charge in [0.2, 0.25) is 5.89 Å². The summed E-state index contributed by atoms with van der Waals surface area (Å²) in [5, 5.41) is 15.2. The molecule has 6 nitrogen and oxygen atoms in total. The molecule has 2 aromatic rings. The molecule has 0 aliphatic rings. The Kier molecular flexibility index (Phi) is 4.66. The van der Waals surface area contributed by atoms with Gasteiger partial charge in [-0.3, -0.25) is 0 Å². The molecule has 0 radical (unpaired) electrons. The van der Waals surface area contributed by atoms with E-state index in [1.54, 1.807) is 11.3 Å². The van der Waals surface area contributed by atoms with Gasteiger partial charge in [0.05, 0.1) is 13.1 Å². The van der Waals surface area contributed by atoms with E-state index in [0.29, 0.717) is 25.0 Å². The van der Waals surface area contributed by atoms with Crippen molar-refractivity contribution in [3.8, 4) is 0 Å². The lowest BCUT2D eigenvalue weighted by molar-refractivity contribution is 0.477. The summed E-state index contributed by atoms with van der Waals surface area (Å²) in [6.07, 6.45) is 2.94. The number of nitrogens with zero attached hydrogens (tertiary/aromatic N) is 3. The van der Waals surface area contributed by atoms with Crippen molar-refractivity contribution >= 4 is 17.4 Å². The molecule has 18 heavy (non-hydrogen) atoms. The van der Waals surface area contributed by atoms with Crippen molar-refractivity contribution in [1.82, 2.24) is 20.5 Å². The highest BCUT2D eigenvalue weighted by Crippen LogP contribution is 2.13. The van der Waals surface area contributed by atoms with Gasteiger partial charge in [-0.1, -0.05) is 12.0 Å². The molecule has 0 aliphatic carbocycles. The van der Waals surface area contributed by atoms with E-state index < -0.39 is 0 Å². The fraction of sp³-hybridized carbons (Fsp3) is 0.545. The first-order valence-electron chi connectivity index (χ1n) is 5.96. The Hall–Kier alpha value is -1.47. The Morgan fingerprint density at radius 1 is 1.33 bits per heavy atom. The average Bonchev–Trinajstić information content (AvgIpc) is 2.96. The standard InChI is InChI=1S/C11H17N5OS/c1-3-4-12-6-9-15-16-11(17-9)14-7-10-13-5-8(2)18-10/h5,12H,3-4,6-7H2,1-2H3,(H,14,16). The maximum Gasteiger partial charge on any atom is 0.315 e. The van der Waals surface area contributed by atoms with Crippen LogP contribution < -0.4 is 10.6 Å². The van der Waals surface area contributed by atoms with E-state index in [-0.39, 0.29) is 0 Å². The first-order valence-corrected chi connectivity index (χ1v) is 6.78. The minimum atomic E-state index is 0.441. The molecule has 0 fully saturated rings. The molecular weight excluding hydrogens is 250 g/mol. The molecule has 0 unspecified atom stereocenters. The van der Waals surface area contributed by atoms with Crippen molar-refractivity contribution in [2.75, 3.05) is 11.9 Å². The summed E-state index contributed by atoms with van der Waals surface area (Å²) in [5.41, 5.74) is 0. The molecule has 0 amide bonds. The zero-order valence-corrected chi connectivity index (χ0v) is 11.4. The highest BCUT2D eigenvalue weighted by atomic mass is 32.1. The number of nitrogens with one attached hydrogen (secondary N) is 2. The summed E-state index contributed by atoms with van der Waals surface area (Å²) < 4.78 is 5.44. The van der Waals surface area contributed by atoms with Crippen LogP contribution in [-0.2, 0) is 13.1 Å². The molecule has 0 aliphatic heterocycles. The van der Waals surface area contributed by atoms with Gasteiger partial charge in [-0.25, -0.2) is 4.98 Å². The fourth-order valence-electron chi connectivity index (χ4n) is 1.40. The van der Waals surface area contributed by atoms with Crippen LogP contribution in [0.4, 0.5) is 6.01 Å². The molecule has 7 heteroatoms. The SMILES string of the molecule is CCCNCc1nnc(NCc2ncc(C)s2)o1. The smallest absolute Gasteiger partial charge is 0.315 e. The number of aryl methyl sites for hydroxylation is 1. The van der Waals surface area contributed by atoms with Crippen molar-refractivity contribution in [2.24, 2.45) is 0 Å². The first-order chi connectivity index (χ1) is 8.78. The molecule has 0 bridgehead atoms. The Morgan fingerprint density at radius 2 is 2.22 bits per heavy atom. The van der Waals surface area contributed by atoms with Crippen LogP contribution in [0.5, 0.6) is 0 Å². The van der Waals surface area contributed by atoms with Gasteiger partial charge in [0.25, 0.3) is 0 Å². The summed E-state index contributed by atoms with van der Waals surface area (Å²) >= 11 is 1.65. The minimum absolute atomic E-state index is 0.441. The van der Waals surface area contributed by atoms with Crippen LogP contribution in [0.1, 0.15) is 29.1 Å². The van der Waals surface area contributed by atoms with Gasteiger partial charge >= 0.3 is 6.01 Å². The fourth-order valence-corrected chi connectivity index (χ4v) is 2.13. The Labute approximate surface area is 110 Å². The molecule has 0 spiro atoms. The first kappa shape index (κ1) is 13.0. The normalized spacial score (nSPS) is 10.8. The van der Waals surface area contributed by atoms with E-state index in [1.165, 1.54) is 4.88 Å². The Morgan fingerprint density at radius 3 is 2.94 bits per heavy atom. The number of rotatable bonds is 7. The van der Waals surface area contributed by atoms with Gasteiger partial charge in [0.15, 0.2) is 0 Å². The van der Waals surface area contributed by atoms with Crippen molar-refractivity contribution in [3.05, 3.63) is 22.0 Å². The topological polar surface area (TPSA) is 75.9 Å². The summed E-state index contributed by atoms with van der Waals surface area (Å²) in [4.78, 5) is 5.45. The van der Waals surface area contributed by atoms with Gasteiger partial charge in [0.1, 0.15) is 5.01 Å². The van der Waals surface area contributed by atoms with Crippen LogP contribution in [0.25, 0.3) is 0 Å². The van der Waals surface area contributed by atoms with E-state index in [0.717, 1.165) is 18.0 Å². The van der Waals surface area contributed by atoms with Crippen LogP contribution in [0, 0.1) is 6.92 Å². The average molecular weight is 267 g/mol. The second kappa shape index (κ2) is 6.46. The van der Waals surface area contributed by atoms with E-state index in [2.05, 4.69) is 32.7 Å². The van der Waals surface area contributed by atoms with Crippen LogP contribution in [0.15, 0.2) is 10.6 Å². The van der Waals surface area contributed by atoms with Crippen LogP contribution in [-0.4, -0.2) is 21.7 Å². The minimum Gasteiger partial charge on any atom is -0.407 e. The monoisotopic (exact) mass is 267 g/mol. The highest BCUT2D eigenvalue weighted by Gasteiger charge is 2.06. The maximum atomic E-state index is 5.44. The molecule has 2 N–H and O–H groups in total. The number of hydrogen-bond acceptors (Lipinski definition) is 7. The lowest BCUT2D eigenvalue weighted by Gasteiger charge is -1.98. The van der Waals surface area contributed by atoms with Gasteiger partial charge in [-0.05, 0) is 19.9 Å². The van der Waals surface area contributed by atoms with E-state index in [9.17, 15) is 0 Å². The number of anilines is 1. The molecule has 98 valence electrons. The summed E-state index contributed by atoms with van der Waals surface area (Å²) in [5.74, 6) is 0.598. The summed E-state index contributed by atoms with van der Waals surface area (Å²) in [7, 11) is 0. The molecule has 2 aromatic heterocycles. The number of aromatic nitrogens is 3. The molecule has 2 rings (SSSR count). The third-order valence-electron chi connectivity index (χ3n) is 2.23. The molecule has 0 aromatic carbocycles. The quantitative estimate of drug-likeness (QED) is 0.747. The second-order valence-electron chi connectivity index (χ2n) is 3.90. The predicted molar refractivity (Wildman–Crippen MR) is 70.5 cm³/mol. The molecule has 2 heterocycles. The Bertz CT molecular complexity index is 481. The van der Waals surface area contributed by atoms with Crippen LogP contribution in [0.3, 0.4) is 0 Å². The highest BCUT2D eigenvalue weighted by molar-refractivity contribution is 7.11. The van der Waals surface area contributed by atoms with Crippen molar-refractivity contribution in [3.63, 3.8) is 0 Å². The summed E-state index contributed by atoms with van der Waals surface area (Å²) in [6, 6.07) is 0.441.